The molecule has 0 aromatic heterocycles. The minimum Gasteiger partial charge on any atom is -0.469 e. The van der Waals surface area contributed by atoms with E-state index in [-0.39, 0.29) is 24.2 Å². The predicted molar refractivity (Wildman–Crippen MR) is 82.6 cm³/mol. The van der Waals surface area contributed by atoms with Crippen LogP contribution in [0.25, 0.3) is 0 Å². The Morgan fingerprint density at radius 2 is 1.95 bits per heavy atom. The molecule has 21 heavy (non-hydrogen) atoms. The van der Waals surface area contributed by atoms with E-state index in [1.165, 1.54) is 7.11 Å². The zero-order valence-corrected chi connectivity index (χ0v) is 13.6. The minimum absolute atomic E-state index is 0.0279. The first kappa shape index (κ1) is 18.0. The molecule has 1 amide bonds. The molecule has 0 spiro atoms. The third kappa shape index (κ3) is 5.65. The van der Waals surface area contributed by atoms with Crippen molar-refractivity contribution in [1.82, 2.24) is 4.90 Å². The molecule has 1 aliphatic rings. The summed E-state index contributed by atoms with van der Waals surface area (Å²) in [4.78, 5) is 26.0. The van der Waals surface area contributed by atoms with E-state index < -0.39 is 0 Å². The van der Waals surface area contributed by atoms with Crippen molar-refractivity contribution in [3.8, 4) is 0 Å². The van der Waals surface area contributed by atoms with E-state index in [1.807, 2.05) is 4.90 Å². The number of esters is 1. The summed E-state index contributed by atoms with van der Waals surface area (Å²) >= 11 is 0. The molecule has 5 nitrogen and oxygen atoms in total. The van der Waals surface area contributed by atoms with Gasteiger partial charge in [0.05, 0.1) is 13.5 Å². The van der Waals surface area contributed by atoms with Gasteiger partial charge in [-0.25, -0.2) is 0 Å². The van der Waals surface area contributed by atoms with Gasteiger partial charge in [-0.05, 0) is 31.2 Å². The van der Waals surface area contributed by atoms with Crippen molar-refractivity contribution >= 4 is 11.9 Å². The number of hydrogen-bond donors (Lipinski definition) is 1. The molecule has 0 heterocycles. The summed E-state index contributed by atoms with van der Waals surface area (Å²) in [5.41, 5.74) is 5.83. The van der Waals surface area contributed by atoms with Crippen LogP contribution in [0.4, 0.5) is 0 Å². The number of nitrogens with two attached hydrogens (primary N) is 1. The number of nitrogens with zero attached hydrogens (tertiary/aromatic N) is 1. The lowest BCUT2D eigenvalue weighted by Gasteiger charge is -2.35. The van der Waals surface area contributed by atoms with Crippen molar-refractivity contribution < 1.29 is 14.3 Å². The summed E-state index contributed by atoms with van der Waals surface area (Å²) in [6, 6.07) is 0. The van der Waals surface area contributed by atoms with E-state index in [0.717, 1.165) is 25.7 Å². The second kappa shape index (κ2) is 9.03. The van der Waals surface area contributed by atoms with Crippen molar-refractivity contribution in [1.29, 1.82) is 0 Å². The molecular formula is C16H30N2O3. The fourth-order valence-electron chi connectivity index (χ4n) is 3.11. The maximum atomic E-state index is 12.8. The fourth-order valence-corrected chi connectivity index (χ4v) is 3.11. The molecular weight excluding hydrogens is 268 g/mol. The largest absolute Gasteiger partial charge is 0.469 e. The third-order valence-electron chi connectivity index (χ3n) is 4.24. The van der Waals surface area contributed by atoms with E-state index in [1.54, 1.807) is 0 Å². The Morgan fingerprint density at radius 1 is 1.29 bits per heavy atom. The van der Waals surface area contributed by atoms with Crippen LogP contribution in [-0.4, -0.2) is 43.5 Å². The first-order valence-corrected chi connectivity index (χ1v) is 8.05. The Kier molecular flexibility index (Phi) is 7.72. The molecule has 5 heteroatoms. The zero-order chi connectivity index (χ0) is 15.8. The highest BCUT2D eigenvalue weighted by atomic mass is 16.5. The van der Waals surface area contributed by atoms with Crippen LogP contribution in [0.15, 0.2) is 0 Å². The molecule has 1 rings (SSSR count). The second-order valence-corrected chi connectivity index (χ2v) is 6.39. The van der Waals surface area contributed by atoms with E-state index in [4.69, 9.17) is 5.73 Å². The van der Waals surface area contributed by atoms with Gasteiger partial charge in [0.1, 0.15) is 0 Å². The van der Waals surface area contributed by atoms with Gasteiger partial charge in [0.15, 0.2) is 0 Å². The van der Waals surface area contributed by atoms with Gasteiger partial charge >= 0.3 is 5.97 Å². The zero-order valence-electron chi connectivity index (χ0n) is 13.6. The Morgan fingerprint density at radius 3 is 2.52 bits per heavy atom. The molecule has 0 saturated heterocycles. The van der Waals surface area contributed by atoms with Crippen molar-refractivity contribution in [3.05, 3.63) is 0 Å². The lowest BCUT2D eigenvalue weighted by molar-refractivity contribution is -0.143. The van der Waals surface area contributed by atoms with Crippen LogP contribution < -0.4 is 5.73 Å². The Bertz CT molecular complexity index is 344. The average Bonchev–Trinajstić information content (AvgIpc) is 2.49. The molecule has 122 valence electrons. The van der Waals surface area contributed by atoms with Gasteiger partial charge in [-0.15, -0.1) is 0 Å². The van der Waals surface area contributed by atoms with E-state index in [2.05, 4.69) is 18.6 Å². The van der Waals surface area contributed by atoms with Gasteiger partial charge in [0, 0.05) is 19.0 Å². The topological polar surface area (TPSA) is 72.6 Å². The van der Waals surface area contributed by atoms with Gasteiger partial charge in [0.2, 0.25) is 5.91 Å². The molecule has 1 saturated carbocycles. The number of rotatable bonds is 7. The van der Waals surface area contributed by atoms with Gasteiger partial charge < -0.3 is 15.4 Å². The second-order valence-electron chi connectivity index (χ2n) is 6.39. The van der Waals surface area contributed by atoms with Crippen LogP contribution in [0.2, 0.25) is 0 Å². The summed E-state index contributed by atoms with van der Waals surface area (Å²) in [5.74, 6) is 0.601. The van der Waals surface area contributed by atoms with Crippen LogP contribution in [0.3, 0.4) is 0 Å². The molecule has 0 aliphatic heterocycles. The monoisotopic (exact) mass is 298 g/mol. The normalized spacial score (nSPS) is 22.1. The van der Waals surface area contributed by atoms with Crippen LogP contribution in [0.5, 0.6) is 0 Å². The van der Waals surface area contributed by atoms with Crippen molar-refractivity contribution in [2.45, 2.75) is 46.0 Å². The van der Waals surface area contributed by atoms with E-state index in [9.17, 15) is 9.59 Å². The molecule has 0 aromatic rings. The van der Waals surface area contributed by atoms with Crippen molar-refractivity contribution in [2.24, 2.45) is 23.5 Å². The molecule has 0 aromatic carbocycles. The highest BCUT2D eigenvalue weighted by molar-refractivity contribution is 5.80. The molecule has 2 atom stereocenters. The third-order valence-corrected chi connectivity index (χ3v) is 4.24. The lowest BCUT2D eigenvalue weighted by Crippen LogP contribution is -2.44. The standard InChI is InChI=1S/C16H30N2O3/c1-12(2)11-18(9-8-15(19)21-3)16(20)14-7-5-4-6-13(14)10-17/h12-14H,4-11,17H2,1-3H3. The number of ether oxygens (including phenoxy) is 1. The summed E-state index contributed by atoms with van der Waals surface area (Å²) in [7, 11) is 1.38. The van der Waals surface area contributed by atoms with Gasteiger partial charge in [-0.1, -0.05) is 26.7 Å². The molecule has 1 fully saturated rings. The van der Waals surface area contributed by atoms with Crippen molar-refractivity contribution in [2.75, 3.05) is 26.7 Å². The van der Waals surface area contributed by atoms with Crippen molar-refractivity contribution in [3.63, 3.8) is 0 Å². The van der Waals surface area contributed by atoms with Gasteiger partial charge in [-0.3, -0.25) is 9.59 Å². The Hall–Kier alpha value is -1.10. The van der Waals surface area contributed by atoms with Crippen LogP contribution in [0, 0.1) is 17.8 Å². The van der Waals surface area contributed by atoms with E-state index in [0.29, 0.717) is 31.5 Å². The molecule has 0 bridgehead atoms. The number of carbonyl (C=O) groups is 2. The van der Waals surface area contributed by atoms with Gasteiger partial charge in [-0.2, -0.15) is 0 Å². The summed E-state index contributed by atoms with van der Waals surface area (Å²) < 4.78 is 4.68. The van der Waals surface area contributed by atoms with E-state index >= 15 is 0 Å². The fraction of sp³-hybridized carbons (Fsp3) is 0.875. The first-order valence-electron chi connectivity index (χ1n) is 8.05. The maximum Gasteiger partial charge on any atom is 0.307 e. The summed E-state index contributed by atoms with van der Waals surface area (Å²) in [5, 5.41) is 0. The molecule has 2 unspecified atom stereocenters. The average molecular weight is 298 g/mol. The molecule has 0 radical (unpaired) electrons. The number of carbonyl (C=O) groups excluding carboxylic acids is 2. The number of hydrogen-bond acceptors (Lipinski definition) is 4. The quantitative estimate of drug-likeness (QED) is 0.727. The number of methoxy groups -OCH3 is 1. The molecule has 2 N–H and O–H groups in total. The lowest BCUT2D eigenvalue weighted by atomic mass is 9.78. The SMILES string of the molecule is COC(=O)CCN(CC(C)C)C(=O)C1CCCCC1CN. The highest BCUT2D eigenvalue weighted by Gasteiger charge is 2.33. The van der Waals surface area contributed by atoms with Crippen LogP contribution >= 0.6 is 0 Å². The Balaban J connectivity index is 2.70. The van der Waals surface area contributed by atoms with Crippen LogP contribution in [0.1, 0.15) is 46.0 Å². The smallest absolute Gasteiger partial charge is 0.307 e. The summed E-state index contributed by atoms with van der Waals surface area (Å²) in [6.45, 7) is 5.86. The Labute approximate surface area is 128 Å². The predicted octanol–water partition coefficient (Wildman–Crippen LogP) is 1.80. The number of amides is 1. The molecule has 1 aliphatic carbocycles. The highest BCUT2D eigenvalue weighted by Crippen LogP contribution is 2.31. The maximum absolute atomic E-state index is 12.8. The van der Waals surface area contributed by atoms with Gasteiger partial charge in [0.25, 0.3) is 0 Å². The first-order chi connectivity index (χ1) is 9.99. The van der Waals surface area contributed by atoms with Crippen LogP contribution in [-0.2, 0) is 14.3 Å². The minimum atomic E-state index is -0.268. The summed E-state index contributed by atoms with van der Waals surface area (Å²) in [6.07, 6.45) is 4.49.